The molecule has 2 heterocycles. The number of aromatic nitrogens is 2. The second kappa shape index (κ2) is 5.42. The number of amides is 1. The molecule has 1 fully saturated rings. The Kier molecular flexibility index (Phi) is 3.38. The summed E-state index contributed by atoms with van der Waals surface area (Å²) >= 11 is 1.76. The van der Waals surface area contributed by atoms with Gasteiger partial charge in [0, 0.05) is 22.4 Å². The van der Waals surface area contributed by atoms with E-state index in [9.17, 15) is 4.79 Å². The third-order valence-corrected chi connectivity index (χ3v) is 5.36. The van der Waals surface area contributed by atoms with Crippen LogP contribution >= 0.6 is 11.3 Å². The smallest absolute Gasteiger partial charge is 0.251 e. The molecule has 23 heavy (non-hydrogen) atoms. The van der Waals surface area contributed by atoms with Crippen molar-refractivity contribution in [2.24, 2.45) is 0 Å². The highest BCUT2D eigenvalue weighted by Gasteiger charge is 2.40. The maximum absolute atomic E-state index is 12.4. The molecule has 4 nitrogen and oxygen atoms in total. The van der Waals surface area contributed by atoms with Crippen molar-refractivity contribution >= 4 is 28.3 Å². The highest BCUT2D eigenvalue weighted by atomic mass is 32.1. The van der Waals surface area contributed by atoms with Gasteiger partial charge in [-0.3, -0.25) is 4.79 Å². The lowest BCUT2D eigenvalue weighted by Gasteiger charge is -2.07. The molecule has 2 aromatic heterocycles. The fourth-order valence-electron chi connectivity index (χ4n) is 2.79. The van der Waals surface area contributed by atoms with E-state index in [2.05, 4.69) is 32.8 Å². The molecule has 3 aromatic rings. The van der Waals surface area contributed by atoms with Gasteiger partial charge >= 0.3 is 0 Å². The Morgan fingerprint density at radius 3 is 2.70 bits per heavy atom. The standard InChI is InChI=1S/C18H17N3OS/c1-10-11(2)20-16-8-12(5-6-14(16)19-10)18(22)21-15-9-13(15)17-4-3-7-23-17/h3-8,13,15H,9H2,1-2H3,(H,21,22). The number of hydrogen-bond donors (Lipinski definition) is 1. The van der Waals surface area contributed by atoms with E-state index in [1.54, 1.807) is 11.3 Å². The summed E-state index contributed by atoms with van der Waals surface area (Å²) in [6, 6.07) is 9.97. The number of thiophene rings is 1. The molecule has 0 radical (unpaired) electrons. The van der Waals surface area contributed by atoms with Crippen molar-refractivity contribution in [1.29, 1.82) is 0 Å². The summed E-state index contributed by atoms with van der Waals surface area (Å²) in [5.74, 6) is 0.445. The van der Waals surface area contributed by atoms with Crippen LogP contribution in [0.3, 0.4) is 0 Å². The van der Waals surface area contributed by atoms with Crippen LogP contribution in [0, 0.1) is 13.8 Å². The van der Waals surface area contributed by atoms with E-state index >= 15 is 0 Å². The predicted octanol–water partition coefficient (Wildman–Crippen LogP) is 3.59. The van der Waals surface area contributed by atoms with E-state index < -0.39 is 0 Å². The fourth-order valence-corrected chi connectivity index (χ4v) is 3.70. The second-order valence-electron chi connectivity index (χ2n) is 6.04. The number of rotatable bonds is 3. The Hall–Kier alpha value is -2.27. The lowest BCUT2D eigenvalue weighted by atomic mass is 10.1. The Morgan fingerprint density at radius 1 is 1.17 bits per heavy atom. The number of hydrogen-bond acceptors (Lipinski definition) is 4. The Bertz CT molecular complexity index is 889. The topological polar surface area (TPSA) is 54.9 Å². The number of nitrogens with one attached hydrogen (secondary N) is 1. The molecule has 0 aliphatic heterocycles. The second-order valence-corrected chi connectivity index (χ2v) is 7.01. The third-order valence-electron chi connectivity index (χ3n) is 4.35. The van der Waals surface area contributed by atoms with Gasteiger partial charge in [-0.25, -0.2) is 9.97 Å². The van der Waals surface area contributed by atoms with Crippen molar-refractivity contribution < 1.29 is 4.79 Å². The largest absolute Gasteiger partial charge is 0.349 e. The maximum Gasteiger partial charge on any atom is 0.251 e. The molecule has 0 saturated heterocycles. The van der Waals surface area contributed by atoms with Gasteiger partial charge in [0.15, 0.2) is 0 Å². The number of carbonyl (C=O) groups is 1. The van der Waals surface area contributed by atoms with Gasteiger partial charge in [-0.05, 0) is 49.9 Å². The van der Waals surface area contributed by atoms with Crippen molar-refractivity contribution in [3.05, 3.63) is 57.5 Å². The summed E-state index contributed by atoms with van der Waals surface area (Å²) < 4.78 is 0. The van der Waals surface area contributed by atoms with Gasteiger partial charge in [0.25, 0.3) is 5.91 Å². The normalized spacial score (nSPS) is 19.7. The summed E-state index contributed by atoms with van der Waals surface area (Å²) in [6.07, 6.45) is 1.03. The van der Waals surface area contributed by atoms with Crippen LogP contribution in [0.4, 0.5) is 0 Å². The molecule has 1 aliphatic carbocycles. The minimum absolute atomic E-state index is 0.0315. The minimum Gasteiger partial charge on any atom is -0.349 e. The van der Waals surface area contributed by atoms with Crippen LogP contribution < -0.4 is 5.32 Å². The van der Waals surface area contributed by atoms with Gasteiger partial charge in [0.05, 0.1) is 22.4 Å². The third kappa shape index (κ3) is 2.72. The van der Waals surface area contributed by atoms with Gasteiger partial charge in [0.1, 0.15) is 0 Å². The molecular weight excluding hydrogens is 306 g/mol. The van der Waals surface area contributed by atoms with Crippen molar-refractivity contribution in [2.45, 2.75) is 32.2 Å². The average molecular weight is 323 g/mol. The first-order valence-electron chi connectivity index (χ1n) is 7.71. The van der Waals surface area contributed by atoms with E-state index in [0.717, 1.165) is 28.8 Å². The van der Waals surface area contributed by atoms with Crippen LogP contribution in [-0.4, -0.2) is 21.9 Å². The molecule has 2 unspecified atom stereocenters. The molecule has 1 aliphatic rings. The molecule has 5 heteroatoms. The summed E-state index contributed by atoms with van der Waals surface area (Å²) in [6.45, 7) is 3.88. The zero-order chi connectivity index (χ0) is 16.0. The molecule has 0 bridgehead atoms. The lowest BCUT2D eigenvalue weighted by Crippen LogP contribution is -2.26. The van der Waals surface area contributed by atoms with E-state index in [4.69, 9.17) is 0 Å². The first-order valence-corrected chi connectivity index (χ1v) is 8.59. The molecule has 1 N–H and O–H groups in total. The summed E-state index contributed by atoms with van der Waals surface area (Å²) in [7, 11) is 0. The van der Waals surface area contributed by atoms with Crippen molar-refractivity contribution in [2.75, 3.05) is 0 Å². The summed E-state index contributed by atoms with van der Waals surface area (Å²) in [5.41, 5.74) is 4.06. The molecule has 1 amide bonds. The average Bonchev–Trinajstić information content (AvgIpc) is 3.08. The van der Waals surface area contributed by atoms with Crippen LogP contribution in [0.5, 0.6) is 0 Å². The molecule has 1 aromatic carbocycles. The summed E-state index contributed by atoms with van der Waals surface area (Å²) in [5, 5.41) is 5.20. The van der Waals surface area contributed by atoms with Crippen molar-refractivity contribution in [1.82, 2.24) is 15.3 Å². The number of aryl methyl sites for hydroxylation is 2. The Labute approximate surface area is 138 Å². The van der Waals surface area contributed by atoms with E-state index in [1.165, 1.54) is 4.88 Å². The zero-order valence-electron chi connectivity index (χ0n) is 13.0. The Balaban J connectivity index is 1.53. The number of fused-ring (bicyclic) bond motifs is 1. The first-order chi connectivity index (χ1) is 11.1. The summed E-state index contributed by atoms with van der Waals surface area (Å²) in [4.78, 5) is 22.8. The fraction of sp³-hybridized carbons (Fsp3) is 0.278. The molecular formula is C18H17N3OS. The van der Waals surface area contributed by atoms with Crippen LogP contribution in [-0.2, 0) is 0 Å². The van der Waals surface area contributed by atoms with Crippen LogP contribution in [0.25, 0.3) is 11.0 Å². The van der Waals surface area contributed by atoms with Crippen LogP contribution in [0.2, 0.25) is 0 Å². The van der Waals surface area contributed by atoms with E-state index in [1.807, 2.05) is 32.0 Å². The van der Waals surface area contributed by atoms with Crippen LogP contribution in [0.1, 0.15) is 39.0 Å². The predicted molar refractivity (Wildman–Crippen MR) is 91.9 cm³/mol. The lowest BCUT2D eigenvalue weighted by molar-refractivity contribution is 0.0950. The zero-order valence-corrected chi connectivity index (χ0v) is 13.9. The maximum atomic E-state index is 12.4. The van der Waals surface area contributed by atoms with Gasteiger partial charge in [-0.1, -0.05) is 6.07 Å². The van der Waals surface area contributed by atoms with Gasteiger partial charge < -0.3 is 5.32 Å². The van der Waals surface area contributed by atoms with Gasteiger partial charge in [-0.15, -0.1) is 11.3 Å². The number of carbonyl (C=O) groups excluding carboxylic acids is 1. The van der Waals surface area contributed by atoms with Gasteiger partial charge in [0.2, 0.25) is 0 Å². The van der Waals surface area contributed by atoms with Crippen LogP contribution in [0.15, 0.2) is 35.7 Å². The highest BCUT2D eigenvalue weighted by Crippen LogP contribution is 2.42. The Morgan fingerprint density at radius 2 is 1.96 bits per heavy atom. The SMILES string of the molecule is Cc1nc2ccc(C(=O)NC3CC3c3cccs3)cc2nc1C. The molecule has 2 atom stereocenters. The quantitative estimate of drug-likeness (QED) is 0.801. The van der Waals surface area contributed by atoms with E-state index in [-0.39, 0.29) is 11.9 Å². The van der Waals surface area contributed by atoms with Crippen molar-refractivity contribution in [3.8, 4) is 0 Å². The number of benzene rings is 1. The van der Waals surface area contributed by atoms with E-state index in [0.29, 0.717) is 11.5 Å². The molecule has 1 saturated carbocycles. The molecule has 116 valence electrons. The number of nitrogens with zero attached hydrogens (tertiary/aromatic N) is 2. The monoisotopic (exact) mass is 323 g/mol. The first kappa shape index (κ1) is 14.3. The van der Waals surface area contributed by atoms with Crippen molar-refractivity contribution in [3.63, 3.8) is 0 Å². The molecule has 4 rings (SSSR count). The molecule has 0 spiro atoms. The highest BCUT2D eigenvalue weighted by molar-refractivity contribution is 7.10. The minimum atomic E-state index is -0.0315. The van der Waals surface area contributed by atoms with Gasteiger partial charge in [-0.2, -0.15) is 0 Å².